The number of rotatable bonds is 5. The molecule has 9 nitrogen and oxygen atoms in total. The van der Waals surface area contributed by atoms with E-state index < -0.39 is 45.4 Å². The Morgan fingerprint density at radius 1 is 1.07 bits per heavy atom. The number of hydrogen-bond donors (Lipinski definition) is 3. The number of piperidine rings is 1. The maximum atomic E-state index is 15.3. The van der Waals surface area contributed by atoms with Crippen LogP contribution in [-0.4, -0.2) is 62.0 Å². The summed E-state index contributed by atoms with van der Waals surface area (Å²) in [5, 5.41) is 2.77. The highest BCUT2D eigenvalue weighted by Crippen LogP contribution is 2.33. The van der Waals surface area contributed by atoms with Gasteiger partial charge in [0.1, 0.15) is 11.6 Å². The summed E-state index contributed by atoms with van der Waals surface area (Å²) in [6.07, 6.45) is -2.68. The summed E-state index contributed by atoms with van der Waals surface area (Å²) < 4.78 is 81.9. The van der Waals surface area contributed by atoms with Gasteiger partial charge in [-0.15, -0.1) is 0 Å². The molecule has 2 aromatic carbocycles. The van der Waals surface area contributed by atoms with Crippen molar-refractivity contribution in [2.45, 2.75) is 36.4 Å². The lowest BCUT2D eigenvalue weighted by Gasteiger charge is -2.33. The van der Waals surface area contributed by atoms with E-state index in [9.17, 15) is 31.2 Å². The second-order valence-corrected chi connectivity index (χ2v) is 11.6. The molecule has 5 rings (SSSR count). The smallest absolute Gasteiger partial charge is 0.383 e. The number of hydrogen-bond acceptors (Lipinski definition) is 6. The van der Waals surface area contributed by atoms with E-state index in [0.717, 1.165) is 11.6 Å². The van der Waals surface area contributed by atoms with Crippen molar-refractivity contribution in [2.75, 3.05) is 25.4 Å². The Hall–Kier alpha value is -4.04. The van der Waals surface area contributed by atoms with Crippen LogP contribution in [0.5, 0.6) is 0 Å². The monoisotopic (exact) mass is 591 g/mol. The zero-order valence-corrected chi connectivity index (χ0v) is 22.3. The van der Waals surface area contributed by atoms with Crippen molar-refractivity contribution in [3.05, 3.63) is 65.6 Å². The van der Waals surface area contributed by atoms with Crippen molar-refractivity contribution < 1.29 is 35.6 Å². The molecule has 14 heteroatoms. The minimum Gasteiger partial charge on any atom is -0.383 e. The molecule has 1 aromatic heterocycles. The molecule has 2 amide bonds. The van der Waals surface area contributed by atoms with Gasteiger partial charge in [-0.3, -0.25) is 9.59 Å². The molecule has 0 spiro atoms. The Balaban J connectivity index is 1.37. The van der Waals surface area contributed by atoms with Crippen LogP contribution in [0.2, 0.25) is 0 Å². The van der Waals surface area contributed by atoms with Gasteiger partial charge in [-0.25, -0.2) is 22.5 Å². The first kappa shape index (κ1) is 28.5. The first-order chi connectivity index (χ1) is 19.3. The van der Waals surface area contributed by atoms with Crippen LogP contribution in [0, 0.1) is 5.82 Å². The van der Waals surface area contributed by atoms with E-state index in [2.05, 4.69) is 15.0 Å². The first-order valence-electron chi connectivity index (χ1n) is 12.7. The number of pyridine rings is 1. The average molecular weight is 592 g/mol. The van der Waals surface area contributed by atoms with E-state index in [1.54, 1.807) is 18.2 Å². The number of benzene rings is 2. The number of nitrogens with one attached hydrogen (secondary N) is 2. The first-order valence-corrected chi connectivity index (χ1v) is 14.2. The number of alkyl halides is 3. The molecule has 2 aliphatic heterocycles. The summed E-state index contributed by atoms with van der Waals surface area (Å²) in [4.78, 5) is 28.0. The highest BCUT2D eigenvalue weighted by atomic mass is 32.2. The van der Waals surface area contributed by atoms with Crippen molar-refractivity contribution in [3.63, 3.8) is 0 Å². The number of carbonyl (C=O) groups excluding carboxylic acids is 2. The third kappa shape index (κ3) is 5.88. The molecule has 1 fully saturated rings. The Morgan fingerprint density at radius 2 is 1.83 bits per heavy atom. The normalized spacial score (nSPS) is 17.6. The fourth-order valence-corrected chi connectivity index (χ4v) is 6.34. The molecule has 0 radical (unpaired) electrons. The van der Waals surface area contributed by atoms with Gasteiger partial charge in [0.15, 0.2) is 0 Å². The summed E-state index contributed by atoms with van der Waals surface area (Å²) in [6, 6.07) is 9.13. The van der Waals surface area contributed by atoms with Crippen LogP contribution in [0.25, 0.3) is 22.3 Å². The third-order valence-electron chi connectivity index (χ3n) is 7.09. The molecule has 0 aliphatic carbocycles. The standard InChI is InChI=1S/C27H25F4N5O4S/c28-23-12-19(41(39,40)35-18-2-1-9-36(14-18)26(38)27(29,30)31)4-6-20(23)17-11-22(24(32)34-13-17)15-3-5-21-16(10-15)7-8-33-25(21)37/h3-6,10-13,18,35H,1-2,7-9,14H2,(H2,32,34)(H,33,37)/t18-/m0/s1. The fourth-order valence-electron chi connectivity index (χ4n) is 5.07. The van der Waals surface area contributed by atoms with Crippen molar-refractivity contribution in [3.8, 4) is 22.3 Å². The lowest BCUT2D eigenvalue weighted by molar-refractivity contribution is -0.186. The Bertz CT molecular complexity index is 1650. The van der Waals surface area contributed by atoms with Gasteiger partial charge in [0, 0.05) is 54.1 Å². The number of nitrogens with zero attached hydrogens (tertiary/aromatic N) is 2. The predicted molar refractivity (Wildman–Crippen MR) is 141 cm³/mol. The largest absolute Gasteiger partial charge is 0.471 e. The van der Waals surface area contributed by atoms with Crippen LogP contribution in [0.3, 0.4) is 0 Å². The van der Waals surface area contributed by atoms with Gasteiger partial charge in [-0.1, -0.05) is 18.2 Å². The molecule has 0 saturated carbocycles. The minimum absolute atomic E-state index is 0.0506. The molecule has 0 unspecified atom stereocenters. The van der Waals surface area contributed by atoms with Crippen LogP contribution in [0.4, 0.5) is 23.4 Å². The molecular weight excluding hydrogens is 566 g/mol. The molecule has 1 saturated heterocycles. The average Bonchev–Trinajstić information content (AvgIpc) is 2.92. The molecule has 2 aliphatic rings. The van der Waals surface area contributed by atoms with Crippen molar-refractivity contribution in [1.29, 1.82) is 0 Å². The Labute approximate surface area is 232 Å². The van der Waals surface area contributed by atoms with E-state index in [0.29, 0.717) is 40.1 Å². The fraction of sp³-hybridized carbons (Fsp3) is 0.296. The predicted octanol–water partition coefficient (Wildman–Crippen LogP) is 3.25. The zero-order valence-electron chi connectivity index (χ0n) is 21.5. The number of halogens is 4. The van der Waals surface area contributed by atoms with Crippen molar-refractivity contribution in [2.24, 2.45) is 0 Å². The zero-order chi connectivity index (χ0) is 29.5. The maximum absolute atomic E-state index is 15.3. The molecule has 41 heavy (non-hydrogen) atoms. The quantitative estimate of drug-likeness (QED) is 0.390. The van der Waals surface area contributed by atoms with Gasteiger partial charge in [-0.05, 0) is 54.7 Å². The Kier molecular flexibility index (Phi) is 7.46. The second-order valence-electron chi connectivity index (χ2n) is 9.89. The topological polar surface area (TPSA) is 134 Å². The summed E-state index contributed by atoms with van der Waals surface area (Å²) in [5.41, 5.74) is 9.07. The summed E-state index contributed by atoms with van der Waals surface area (Å²) in [6.45, 7) is -0.0905. The van der Waals surface area contributed by atoms with Gasteiger partial charge in [0.25, 0.3) is 5.91 Å². The molecule has 3 aromatic rings. The lowest BCUT2D eigenvalue weighted by Crippen LogP contribution is -2.52. The number of carbonyl (C=O) groups is 2. The number of nitrogens with two attached hydrogens (primary N) is 1. The minimum atomic E-state index is -5.06. The second kappa shape index (κ2) is 10.7. The number of likely N-dealkylation sites (tertiary alicyclic amines) is 1. The summed E-state index contributed by atoms with van der Waals surface area (Å²) in [5.74, 6) is -2.89. The summed E-state index contributed by atoms with van der Waals surface area (Å²) in [7, 11) is -4.31. The van der Waals surface area contributed by atoms with E-state index in [4.69, 9.17) is 5.73 Å². The molecule has 3 heterocycles. The number of fused-ring (bicyclic) bond motifs is 1. The number of aromatic nitrogens is 1. The van der Waals surface area contributed by atoms with Crippen LogP contribution in [-0.2, 0) is 21.2 Å². The van der Waals surface area contributed by atoms with Crippen molar-refractivity contribution >= 4 is 27.7 Å². The molecule has 4 N–H and O–H groups in total. The third-order valence-corrected chi connectivity index (χ3v) is 8.61. The van der Waals surface area contributed by atoms with Gasteiger partial charge in [0.05, 0.1) is 4.90 Å². The van der Waals surface area contributed by atoms with Crippen molar-refractivity contribution in [1.82, 2.24) is 19.9 Å². The lowest BCUT2D eigenvalue weighted by atomic mass is 9.94. The molecule has 1 atom stereocenters. The number of anilines is 1. The van der Waals surface area contributed by atoms with Crippen LogP contribution in [0.1, 0.15) is 28.8 Å². The van der Waals surface area contributed by atoms with Gasteiger partial charge >= 0.3 is 12.1 Å². The van der Waals surface area contributed by atoms with Crippen LogP contribution >= 0.6 is 0 Å². The number of amides is 2. The highest BCUT2D eigenvalue weighted by Gasteiger charge is 2.44. The van der Waals surface area contributed by atoms with Crippen LogP contribution in [0.15, 0.2) is 53.6 Å². The highest BCUT2D eigenvalue weighted by molar-refractivity contribution is 7.89. The SMILES string of the molecule is Nc1ncc(-c2ccc(S(=O)(=O)N[C@H]3CCCN(C(=O)C(F)(F)F)C3)cc2F)cc1-c1ccc2c(c1)CCNC2=O. The van der Waals surface area contributed by atoms with Gasteiger partial charge in [0.2, 0.25) is 10.0 Å². The molecular formula is C27H25F4N5O4S. The number of sulfonamides is 1. The van der Waals surface area contributed by atoms with E-state index in [1.807, 2.05) is 6.07 Å². The maximum Gasteiger partial charge on any atom is 0.471 e. The van der Waals surface area contributed by atoms with Crippen LogP contribution < -0.4 is 15.8 Å². The van der Waals surface area contributed by atoms with E-state index in [-0.39, 0.29) is 36.7 Å². The summed E-state index contributed by atoms with van der Waals surface area (Å²) >= 11 is 0. The van der Waals surface area contributed by atoms with E-state index in [1.165, 1.54) is 18.3 Å². The van der Waals surface area contributed by atoms with Gasteiger partial charge in [-0.2, -0.15) is 13.2 Å². The van der Waals surface area contributed by atoms with E-state index >= 15 is 4.39 Å². The number of nitrogen functional groups attached to an aromatic ring is 1. The molecule has 216 valence electrons. The Morgan fingerprint density at radius 3 is 2.56 bits per heavy atom. The molecule has 0 bridgehead atoms. The van der Waals surface area contributed by atoms with Gasteiger partial charge < -0.3 is 16.0 Å².